The Hall–Kier alpha value is -0.570. The van der Waals surface area contributed by atoms with Crippen LogP contribution in [0.4, 0.5) is 0 Å². The largest absolute Gasteiger partial charge is 0.341 e. The molecule has 0 aliphatic carbocycles. The van der Waals surface area contributed by atoms with Gasteiger partial charge in [0.15, 0.2) is 0 Å². The van der Waals surface area contributed by atoms with E-state index in [0.717, 1.165) is 32.6 Å². The molecule has 0 saturated carbocycles. The molecule has 12 heavy (non-hydrogen) atoms. The van der Waals surface area contributed by atoms with Gasteiger partial charge >= 0.3 is 0 Å². The highest BCUT2D eigenvalue weighted by Crippen LogP contribution is 2.02. The van der Waals surface area contributed by atoms with Crippen molar-refractivity contribution in [2.24, 2.45) is 0 Å². The molecule has 0 aromatic rings. The molecule has 0 N–H and O–H groups in total. The molecule has 0 aromatic carbocycles. The summed E-state index contributed by atoms with van der Waals surface area (Å²) in [5.41, 5.74) is 0. The van der Waals surface area contributed by atoms with E-state index in [2.05, 4.69) is 11.8 Å². The predicted octanol–water partition coefficient (Wildman–Crippen LogP) is 0.560. The van der Waals surface area contributed by atoms with Crippen LogP contribution in [-0.2, 0) is 4.79 Å². The van der Waals surface area contributed by atoms with Crippen LogP contribution in [-0.4, -0.2) is 48.4 Å². The molecule has 0 spiro atoms. The number of piperazine rings is 1. The van der Waals surface area contributed by atoms with E-state index in [4.69, 9.17) is 0 Å². The predicted molar refractivity (Wildman–Crippen MR) is 49.0 cm³/mol. The van der Waals surface area contributed by atoms with E-state index in [1.165, 1.54) is 0 Å². The highest BCUT2D eigenvalue weighted by Gasteiger charge is 2.21. The van der Waals surface area contributed by atoms with Crippen LogP contribution in [0.5, 0.6) is 0 Å². The van der Waals surface area contributed by atoms with Gasteiger partial charge < -0.3 is 4.90 Å². The van der Waals surface area contributed by atoms with E-state index in [9.17, 15) is 4.79 Å². The maximum Gasteiger partial charge on any atom is 0.236 e. The maximum atomic E-state index is 11.4. The van der Waals surface area contributed by atoms with Gasteiger partial charge in [0.05, 0.1) is 6.54 Å². The third-order valence-electron chi connectivity index (χ3n) is 2.32. The lowest BCUT2D eigenvalue weighted by molar-refractivity contribution is -0.135. The molecular weight excluding hydrogens is 152 g/mol. The van der Waals surface area contributed by atoms with E-state index < -0.39 is 0 Å². The molecule has 0 atom stereocenters. The Kier molecular flexibility index (Phi) is 3.53. The average molecular weight is 170 g/mol. The molecular formula is C9H18N2O. The van der Waals surface area contributed by atoms with Crippen LogP contribution >= 0.6 is 0 Å². The van der Waals surface area contributed by atoms with Gasteiger partial charge in [-0.1, -0.05) is 6.92 Å². The van der Waals surface area contributed by atoms with Gasteiger partial charge in [0.1, 0.15) is 0 Å². The monoisotopic (exact) mass is 170 g/mol. The van der Waals surface area contributed by atoms with Gasteiger partial charge in [-0.15, -0.1) is 0 Å². The Morgan fingerprint density at radius 2 is 2.08 bits per heavy atom. The smallest absolute Gasteiger partial charge is 0.236 e. The van der Waals surface area contributed by atoms with Crippen LogP contribution in [0.3, 0.4) is 0 Å². The van der Waals surface area contributed by atoms with Crippen molar-refractivity contribution >= 4 is 5.91 Å². The summed E-state index contributed by atoms with van der Waals surface area (Å²) in [6.07, 6.45) is 1.14. The zero-order valence-electron chi connectivity index (χ0n) is 8.05. The lowest BCUT2D eigenvalue weighted by Crippen LogP contribution is -2.50. The van der Waals surface area contributed by atoms with Crippen molar-refractivity contribution in [3.05, 3.63) is 0 Å². The van der Waals surface area contributed by atoms with Gasteiger partial charge in [-0.05, 0) is 19.9 Å². The van der Waals surface area contributed by atoms with Crippen LogP contribution in [0.2, 0.25) is 0 Å². The first-order valence-electron chi connectivity index (χ1n) is 4.78. The molecule has 3 heteroatoms. The van der Waals surface area contributed by atoms with Crippen molar-refractivity contribution in [2.45, 2.75) is 20.3 Å². The summed E-state index contributed by atoms with van der Waals surface area (Å²) in [7, 11) is 0. The van der Waals surface area contributed by atoms with Gasteiger partial charge in [-0.3, -0.25) is 9.69 Å². The minimum Gasteiger partial charge on any atom is -0.341 e. The number of likely N-dealkylation sites (N-methyl/N-ethyl adjacent to an activating group) is 1. The van der Waals surface area contributed by atoms with Gasteiger partial charge in [-0.2, -0.15) is 0 Å². The maximum absolute atomic E-state index is 11.4. The Morgan fingerprint density at radius 3 is 2.58 bits per heavy atom. The summed E-state index contributed by atoms with van der Waals surface area (Å²) in [5, 5.41) is 0. The second kappa shape index (κ2) is 4.45. The van der Waals surface area contributed by atoms with Crippen LogP contribution in [0.25, 0.3) is 0 Å². The molecule has 0 aromatic heterocycles. The summed E-state index contributed by atoms with van der Waals surface area (Å²) in [6, 6.07) is 0. The molecule has 1 saturated heterocycles. The fraction of sp³-hybridized carbons (Fsp3) is 0.889. The molecule has 0 unspecified atom stereocenters. The topological polar surface area (TPSA) is 23.6 Å². The summed E-state index contributed by atoms with van der Waals surface area (Å²) in [5.74, 6) is 0.289. The molecule has 1 aliphatic heterocycles. The summed E-state index contributed by atoms with van der Waals surface area (Å²) in [4.78, 5) is 15.5. The zero-order valence-corrected chi connectivity index (χ0v) is 8.05. The van der Waals surface area contributed by atoms with E-state index in [0.29, 0.717) is 6.54 Å². The highest BCUT2D eigenvalue weighted by molar-refractivity contribution is 5.78. The van der Waals surface area contributed by atoms with E-state index in [-0.39, 0.29) is 5.91 Å². The minimum absolute atomic E-state index is 0.289. The summed E-state index contributed by atoms with van der Waals surface area (Å²) >= 11 is 0. The molecule has 1 amide bonds. The number of carbonyl (C=O) groups excluding carboxylic acids is 1. The average Bonchev–Trinajstić information content (AvgIpc) is 2.05. The minimum atomic E-state index is 0.289. The second-order valence-electron chi connectivity index (χ2n) is 3.25. The molecule has 1 rings (SSSR count). The highest BCUT2D eigenvalue weighted by atomic mass is 16.2. The van der Waals surface area contributed by atoms with Crippen molar-refractivity contribution in [1.29, 1.82) is 0 Å². The van der Waals surface area contributed by atoms with Crippen LogP contribution < -0.4 is 0 Å². The van der Waals surface area contributed by atoms with Crippen molar-refractivity contribution in [3.63, 3.8) is 0 Å². The van der Waals surface area contributed by atoms with Crippen molar-refractivity contribution in [2.75, 3.05) is 32.7 Å². The zero-order chi connectivity index (χ0) is 8.97. The number of carbonyl (C=O) groups is 1. The van der Waals surface area contributed by atoms with Crippen LogP contribution in [0.15, 0.2) is 0 Å². The van der Waals surface area contributed by atoms with Crippen LogP contribution in [0, 0.1) is 0 Å². The fourth-order valence-corrected chi connectivity index (χ4v) is 1.60. The van der Waals surface area contributed by atoms with Gasteiger partial charge in [0.25, 0.3) is 0 Å². The van der Waals surface area contributed by atoms with Crippen molar-refractivity contribution in [3.8, 4) is 0 Å². The van der Waals surface area contributed by atoms with Crippen molar-refractivity contribution in [1.82, 2.24) is 9.80 Å². The molecule has 0 radical (unpaired) electrons. The number of nitrogens with zero attached hydrogens (tertiary/aromatic N) is 2. The van der Waals surface area contributed by atoms with E-state index in [1.807, 2.05) is 11.8 Å². The first-order chi connectivity index (χ1) is 5.77. The number of rotatable bonds is 3. The SMILES string of the molecule is CCCN1CCN(CC)C(=O)C1. The quantitative estimate of drug-likeness (QED) is 0.618. The number of amides is 1. The molecule has 1 heterocycles. The van der Waals surface area contributed by atoms with E-state index in [1.54, 1.807) is 0 Å². The number of hydrogen-bond donors (Lipinski definition) is 0. The third-order valence-corrected chi connectivity index (χ3v) is 2.32. The second-order valence-corrected chi connectivity index (χ2v) is 3.25. The van der Waals surface area contributed by atoms with Gasteiger partial charge in [0, 0.05) is 19.6 Å². The summed E-state index contributed by atoms with van der Waals surface area (Å²) < 4.78 is 0. The first kappa shape index (κ1) is 9.52. The van der Waals surface area contributed by atoms with Gasteiger partial charge in [0.2, 0.25) is 5.91 Å². The number of hydrogen-bond acceptors (Lipinski definition) is 2. The van der Waals surface area contributed by atoms with Gasteiger partial charge in [-0.25, -0.2) is 0 Å². The Bertz CT molecular complexity index is 159. The standard InChI is InChI=1S/C9H18N2O/c1-3-5-10-6-7-11(4-2)9(12)8-10/h3-8H2,1-2H3. The Morgan fingerprint density at radius 1 is 1.33 bits per heavy atom. The molecule has 0 bridgehead atoms. The molecule has 1 aliphatic rings. The lowest BCUT2D eigenvalue weighted by atomic mass is 10.3. The normalized spacial score (nSPS) is 20.2. The van der Waals surface area contributed by atoms with E-state index >= 15 is 0 Å². The molecule has 3 nitrogen and oxygen atoms in total. The Balaban J connectivity index is 2.35. The summed E-state index contributed by atoms with van der Waals surface area (Å²) in [6.45, 7) is 8.69. The molecule has 1 fully saturated rings. The fourth-order valence-electron chi connectivity index (χ4n) is 1.60. The van der Waals surface area contributed by atoms with Crippen LogP contribution in [0.1, 0.15) is 20.3 Å². The molecule has 70 valence electrons. The van der Waals surface area contributed by atoms with Crippen molar-refractivity contribution < 1.29 is 4.79 Å². The Labute approximate surface area is 74.3 Å². The lowest BCUT2D eigenvalue weighted by Gasteiger charge is -2.33. The first-order valence-corrected chi connectivity index (χ1v) is 4.78. The third kappa shape index (κ3) is 2.21.